The monoisotopic (exact) mass is 303 g/mol. The number of carboxylic acids is 1. The fraction of sp³-hybridized carbons (Fsp3) is 0.333. The molecule has 1 N–H and O–H groups in total. The topological polar surface area (TPSA) is 66.8 Å². The van der Waals surface area contributed by atoms with Crippen molar-refractivity contribution in [2.45, 2.75) is 0 Å². The van der Waals surface area contributed by atoms with Crippen LogP contribution in [-0.4, -0.2) is 48.2 Å². The molecular formula is C12H11Cl2NO4. The molecule has 1 aliphatic heterocycles. The number of hydrogen-bond donors (Lipinski definition) is 1. The quantitative estimate of drug-likeness (QED) is 0.909. The molecule has 0 radical (unpaired) electrons. The first-order chi connectivity index (χ1) is 9.02. The van der Waals surface area contributed by atoms with E-state index < -0.39 is 5.97 Å². The minimum atomic E-state index is -1.20. The van der Waals surface area contributed by atoms with Gasteiger partial charge in [-0.3, -0.25) is 4.79 Å². The Balaban J connectivity index is 2.40. The van der Waals surface area contributed by atoms with E-state index >= 15 is 0 Å². The summed E-state index contributed by atoms with van der Waals surface area (Å²) in [5.74, 6) is -1.57. The van der Waals surface area contributed by atoms with Crippen LogP contribution in [0.15, 0.2) is 12.1 Å². The smallest absolute Gasteiger partial charge is 0.337 e. The highest BCUT2D eigenvalue weighted by molar-refractivity contribution is 6.41. The fourth-order valence-electron chi connectivity index (χ4n) is 1.84. The number of nitrogens with zero attached hydrogens (tertiary/aromatic N) is 1. The van der Waals surface area contributed by atoms with Gasteiger partial charge in [-0.1, -0.05) is 23.2 Å². The number of halogens is 2. The van der Waals surface area contributed by atoms with E-state index in [4.69, 9.17) is 33.0 Å². The summed E-state index contributed by atoms with van der Waals surface area (Å²) in [6.07, 6.45) is 0. The van der Waals surface area contributed by atoms with Gasteiger partial charge in [0, 0.05) is 13.1 Å². The molecule has 0 aromatic heterocycles. The van der Waals surface area contributed by atoms with Gasteiger partial charge in [-0.15, -0.1) is 0 Å². The van der Waals surface area contributed by atoms with Gasteiger partial charge in [-0.05, 0) is 12.1 Å². The van der Waals surface area contributed by atoms with Gasteiger partial charge in [-0.2, -0.15) is 0 Å². The maximum atomic E-state index is 12.3. The maximum absolute atomic E-state index is 12.3. The van der Waals surface area contributed by atoms with Crippen molar-refractivity contribution in [2.24, 2.45) is 0 Å². The molecule has 0 bridgehead atoms. The number of ether oxygens (including phenoxy) is 1. The highest BCUT2D eigenvalue weighted by Gasteiger charge is 2.26. The Morgan fingerprint density at radius 2 is 1.84 bits per heavy atom. The van der Waals surface area contributed by atoms with E-state index in [0.29, 0.717) is 26.3 Å². The van der Waals surface area contributed by atoms with Crippen LogP contribution < -0.4 is 0 Å². The van der Waals surface area contributed by atoms with Crippen molar-refractivity contribution in [2.75, 3.05) is 26.3 Å². The van der Waals surface area contributed by atoms with Crippen LogP contribution in [0.1, 0.15) is 20.7 Å². The van der Waals surface area contributed by atoms with Crippen LogP contribution in [0.4, 0.5) is 0 Å². The third kappa shape index (κ3) is 2.83. The Morgan fingerprint density at radius 3 is 2.42 bits per heavy atom. The molecule has 1 fully saturated rings. The number of amides is 1. The molecule has 0 aliphatic carbocycles. The van der Waals surface area contributed by atoms with Gasteiger partial charge in [-0.25, -0.2) is 4.79 Å². The minimum absolute atomic E-state index is 0.0325. The Kier molecular flexibility index (Phi) is 4.29. The normalized spacial score (nSPS) is 15.4. The molecule has 1 heterocycles. The SMILES string of the molecule is O=C(O)c1ccc(Cl)c(C(=O)N2CCOCC2)c1Cl. The molecule has 19 heavy (non-hydrogen) atoms. The molecular weight excluding hydrogens is 293 g/mol. The minimum Gasteiger partial charge on any atom is -0.478 e. The van der Waals surface area contributed by atoms with E-state index in [-0.39, 0.29) is 27.1 Å². The molecule has 1 aromatic carbocycles. The Hall–Kier alpha value is -1.30. The molecule has 1 saturated heterocycles. The van der Waals surface area contributed by atoms with Gasteiger partial charge in [0.05, 0.1) is 34.4 Å². The molecule has 2 rings (SSSR count). The van der Waals surface area contributed by atoms with Crippen molar-refractivity contribution in [1.82, 2.24) is 4.90 Å². The standard InChI is InChI=1S/C12H11Cl2NO4/c13-8-2-1-7(12(17)18)10(14)9(8)11(16)15-3-5-19-6-4-15/h1-2H,3-6H2,(H,17,18). The van der Waals surface area contributed by atoms with Crippen molar-refractivity contribution in [1.29, 1.82) is 0 Å². The Morgan fingerprint density at radius 1 is 1.21 bits per heavy atom. The van der Waals surface area contributed by atoms with Gasteiger partial charge in [0.25, 0.3) is 5.91 Å². The lowest BCUT2D eigenvalue weighted by Gasteiger charge is -2.27. The number of aromatic carboxylic acids is 1. The predicted molar refractivity (Wildman–Crippen MR) is 70.1 cm³/mol. The lowest BCUT2D eigenvalue weighted by atomic mass is 10.1. The molecule has 0 spiro atoms. The largest absolute Gasteiger partial charge is 0.478 e. The zero-order valence-corrected chi connectivity index (χ0v) is 11.4. The summed E-state index contributed by atoms with van der Waals surface area (Å²) in [4.78, 5) is 24.9. The summed E-state index contributed by atoms with van der Waals surface area (Å²) < 4.78 is 5.15. The number of carbonyl (C=O) groups excluding carboxylic acids is 1. The molecule has 102 valence electrons. The number of rotatable bonds is 2. The lowest BCUT2D eigenvalue weighted by Crippen LogP contribution is -2.41. The number of carbonyl (C=O) groups is 2. The second-order valence-electron chi connectivity index (χ2n) is 3.99. The second kappa shape index (κ2) is 5.77. The number of morpholine rings is 1. The van der Waals surface area contributed by atoms with Crippen molar-refractivity contribution in [3.63, 3.8) is 0 Å². The molecule has 1 amide bonds. The van der Waals surface area contributed by atoms with E-state index in [9.17, 15) is 9.59 Å². The summed E-state index contributed by atoms with van der Waals surface area (Å²) in [7, 11) is 0. The zero-order valence-electron chi connectivity index (χ0n) is 9.86. The first kappa shape index (κ1) is 14.1. The average Bonchev–Trinajstić information content (AvgIpc) is 2.39. The zero-order chi connectivity index (χ0) is 14.0. The van der Waals surface area contributed by atoms with E-state index in [0.717, 1.165) is 0 Å². The van der Waals surface area contributed by atoms with Gasteiger partial charge < -0.3 is 14.7 Å². The van der Waals surface area contributed by atoms with Crippen molar-refractivity contribution < 1.29 is 19.4 Å². The summed E-state index contributed by atoms with van der Waals surface area (Å²) in [6.45, 7) is 1.75. The molecule has 7 heteroatoms. The maximum Gasteiger partial charge on any atom is 0.337 e. The molecule has 0 saturated carbocycles. The summed E-state index contributed by atoms with van der Waals surface area (Å²) in [5.41, 5.74) is -0.104. The van der Waals surface area contributed by atoms with Crippen LogP contribution in [0, 0.1) is 0 Å². The average molecular weight is 304 g/mol. The highest BCUT2D eigenvalue weighted by atomic mass is 35.5. The Labute approximate surface area is 119 Å². The van der Waals surface area contributed by atoms with E-state index in [1.54, 1.807) is 4.90 Å². The molecule has 1 aromatic rings. The molecule has 5 nitrogen and oxygen atoms in total. The number of carboxylic acid groups (broad SMARTS) is 1. The first-order valence-corrected chi connectivity index (χ1v) is 6.36. The summed E-state index contributed by atoms with van der Waals surface area (Å²) in [6, 6.07) is 2.65. The summed E-state index contributed by atoms with van der Waals surface area (Å²) >= 11 is 11.9. The van der Waals surface area contributed by atoms with Crippen LogP contribution in [-0.2, 0) is 4.74 Å². The predicted octanol–water partition coefficient (Wildman–Crippen LogP) is 2.16. The number of hydrogen-bond acceptors (Lipinski definition) is 3. The van der Waals surface area contributed by atoms with Gasteiger partial charge in [0.15, 0.2) is 0 Å². The van der Waals surface area contributed by atoms with E-state index in [2.05, 4.69) is 0 Å². The molecule has 1 aliphatic rings. The molecule has 0 unspecified atom stereocenters. The number of benzene rings is 1. The lowest BCUT2D eigenvalue weighted by molar-refractivity contribution is 0.0303. The van der Waals surface area contributed by atoms with Crippen molar-refractivity contribution in [3.05, 3.63) is 33.3 Å². The fourth-order valence-corrected chi connectivity index (χ4v) is 2.45. The van der Waals surface area contributed by atoms with Crippen LogP contribution in [0.3, 0.4) is 0 Å². The first-order valence-electron chi connectivity index (χ1n) is 5.60. The highest BCUT2D eigenvalue weighted by Crippen LogP contribution is 2.29. The van der Waals surface area contributed by atoms with Crippen molar-refractivity contribution in [3.8, 4) is 0 Å². The van der Waals surface area contributed by atoms with E-state index in [1.165, 1.54) is 12.1 Å². The third-order valence-corrected chi connectivity index (χ3v) is 3.54. The van der Waals surface area contributed by atoms with Crippen LogP contribution in [0.2, 0.25) is 10.0 Å². The second-order valence-corrected chi connectivity index (χ2v) is 4.78. The van der Waals surface area contributed by atoms with Crippen LogP contribution in [0.25, 0.3) is 0 Å². The van der Waals surface area contributed by atoms with Crippen molar-refractivity contribution >= 4 is 35.1 Å². The third-order valence-electron chi connectivity index (χ3n) is 2.83. The summed E-state index contributed by atoms with van der Waals surface area (Å²) in [5, 5.41) is 9.02. The van der Waals surface area contributed by atoms with Gasteiger partial charge in [0.1, 0.15) is 0 Å². The van der Waals surface area contributed by atoms with Crippen LogP contribution in [0.5, 0.6) is 0 Å². The van der Waals surface area contributed by atoms with Crippen LogP contribution >= 0.6 is 23.2 Å². The van der Waals surface area contributed by atoms with E-state index in [1.807, 2.05) is 0 Å². The van der Waals surface area contributed by atoms with Gasteiger partial charge in [0.2, 0.25) is 0 Å². The Bertz CT molecular complexity index is 527. The van der Waals surface area contributed by atoms with Gasteiger partial charge >= 0.3 is 5.97 Å². The molecule has 0 atom stereocenters.